The number of aliphatic hydroxyl groups excluding tert-OH is 1. The number of benzene rings is 1. The summed E-state index contributed by atoms with van der Waals surface area (Å²) in [6.07, 6.45) is 1.60. The van der Waals surface area contributed by atoms with E-state index >= 15 is 0 Å². The van der Waals surface area contributed by atoms with Gasteiger partial charge in [-0.25, -0.2) is 0 Å². The molecule has 118 valence electrons. The molecule has 0 spiro atoms. The zero-order valence-electron chi connectivity index (χ0n) is 11.6. The van der Waals surface area contributed by atoms with Crippen molar-refractivity contribution in [2.75, 3.05) is 24.4 Å². The lowest BCUT2D eigenvalue weighted by molar-refractivity contribution is 0.166. The van der Waals surface area contributed by atoms with E-state index in [1.165, 1.54) is 4.31 Å². The Morgan fingerprint density at radius 1 is 1.52 bits per heavy atom. The number of piperidine rings is 1. The number of aliphatic hydroxyl groups is 1. The molecule has 1 heterocycles. The Hall–Kier alpha value is -0.340. The maximum absolute atomic E-state index is 12.4. The molecule has 5 nitrogen and oxygen atoms in total. The van der Waals surface area contributed by atoms with E-state index in [9.17, 15) is 13.5 Å². The molecule has 21 heavy (non-hydrogen) atoms. The average Bonchev–Trinajstić information content (AvgIpc) is 2.44. The van der Waals surface area contributed by atoms with E-state index in [1.807, 2.05) is 6.92 Å². The smallest absolute Gasteiger partial charge is 0.301 e. The first-order valence-electron chi connectivity index (χ1n) is 6.68. The van der Waals surface area contributed by atoms with E-state index < -0.39 is 10.2 Å². The molecule has 2 N–H and O–H groups in total. The van der Waals surface area contributed by atoms with Crippen LogP contribution in [0.3, 0.4) is 0 Å². The van der Waals surface area contributed by atoms with Gasteiger partial charge in [-0.2, -0.15) is 12.7 Å². The Morgan fingerprint density at radius 3 is 2.90 bits per heavy atom. The van der Waals surface area contributed by atoms with Crippen molar-refractivity contribution in [2.45, 2.75) is 19.8 Å². The highest BCUT2D eigenvalue weighted by atomic mass is 79.9. The fourth-order valence-electron chi connectivity index (χ4n) is 2.32. The van der Waals surface area contributed by atoms with Crippen LogP contribution in [0.25, 0.3) is 0 Å². The van der Waals surface area contributed by atoms with Crippen molar-refractivity contribution in [1.82, 2.24) is 4.31 Å². The largest absolute Gasteiger partial charge is 0.396 e. The first-order valence-corrected chi connectivity index (χ1v) is 9.29. The molecule has 1 fully saturated rings. The Bertz CT molecular complexity index is 624. The predicted octanol–water partition coefficient (Wildman–Crippen LogP) is 2.77. The summed E-state index contributed by atoms with van der Waals surface area (Å²) in [6.45, 7) is 2.65. The minimum absolute atomic E-state index is 0.000344. The summed E-state index contributed by atoms with van der Waals surface area (Å²) >= 11 is 9.38. The Morgan fingerprint density at radius 2 is 2.24 bits per heavy atom. The number of rotatable bonds is 4. The Balaban J connectivity index is 2.19. The van der Waals surface area contributed by atoms with Gasteiger partial charge >= 0.3 is 10.2 Å². The van der Waals surface area contributed by atoms with Gasteiger partial charge in [0.25, 0.3) is 0 Å². The molecule has 1 aliphatic rings. The zero-order valence-corrected chi connectivity index (χ0v) is 14.8. The molecule has 0 aromatic heterocycles. The molecular formula is C13H18BrClN2O3S. The number of hydrogen-bond donors (Lipinski definition) is 2. The first-order chi connectivity index (χ1) is 9.83. The molecule has 1 aromatic carbocycles. The normalized spacial score (nSPS) is 20.5. The summed E-state index contributed by atoms with van der Waals surface area (Å²) in [5.74, 6) is 0.000344. The summed E-state index contributed by atoms with van der Waals surface area (Å²) in [4.78, 5) is 0. The second-order valence-corrected chi connectivity index (χ2v) is 8.17. The topological polar surface area (TPSA) is 69.6 Å². The molecule has 0 bridgehead atoms. The van der Waals surface area contributed by atoms with Gasteiger partial charge in [-0.1, -0.05) is 11.6 Å². The number of nitrogens with one attached hydrogen (secondary N) is 1. The highest BCUT2D eigenvalue weighted by Gasteiger charge is 2.29. The molecule has 1 unspecified atom stereocenters. The van der Waals surface area contributed by atoms with E-state index in [2.05, 4.69) is 20.7 Å². The van der Waals surface area contributed by atoms with E-state index in [1.54, 1.807) is 12.1 Å². The van der Waals surface area contributed by atoms with Crippen molar-refractivity contribution < 1.29 is 13.5 Å². The molecule has 1 saturated heterocycles. The predicted molar refractivity (Wildman–Crippen MR) is 87.8 cm³/mol. The van der Waals surface area contributed by atoms with Crippen LogP contribution in [0.15, 0.2) is 16.6 Å². The summed E-state index contributed by atoms with van der Waals surface area (Å²) < 4.78 is 29.4. The van der Waals surface area contributed by atoms with Gasteiger partial charge in [0.05, 0.1) is 5.69 Å². The van der Waals surface area contributed by atoms with Crippen molar-refractivity contribution in [3.63, 3.8) is 0 Å². The van der Waals surface area contributed by atoms with Crippen molar-refractivity contribution in [3.8, 4) is 0 Å². The summed E-state index contributed by atoms with van der Waals surface area (Å²) in [5, 5.41) is 9.71. The van der Waals surface area contributed by atoms with Gasteiger partial charge in [0.2, 0.25) is 0 Å². The lowest BCUT2D eigenvalue weighted by Crippen LogP contribution is -2.43. The van der Waals surface area contributed by atoms with Gasteiger partial charge in [-0.05, 0) is 59.3 Å². The number of nitrogens with zero attached hydrogens (tertiary/aromatic N) is 1. The molecule has 8 heteroatoms. The molecule has 1 aromatic rings. The Kier molecular flexibility index (Phi) is 5.54. The molecular weight excluding hydrogens is 380 g/mol. The number of hydrogen-bond acceptors (Lipinski definition) is 3. The molecule has 0 amide bonds. The monoisotopic (exact) mass is 396 g/mol. The average molecular weight is 398 g/mol. The van der Waals surface area contributed by atoms with Crippen molar-refractivity contribution in [3.05, 3.63) is 27.2 Å². The van der Waals surface area contributed by atoms with Gasteiger partial charge in [0, 0.05) is 29.2 Å². The minimum atomic E-state index is -3.65. The number of aryl methyl sites for hydroxylation is 1. The van der Waals surface area contributed by atoms with Crippen LogP contribution in [0.5, 0.6) is 0 Å². The lowest BCUT2D eigenvalue weighted by Gasteiger charge is -2.31. The summed E-state index contributed by atoms with van der Waals surface area (Å²) in [7, 11) is -3.65. The SMILES string of the molecule is Cc1cc(Br)c(NS(=O)(=O)N2CCCC(CO)C2)cc1Cl. The Labute approximate surface area is 138 Å². The molecule has 1 aliphatic heterocycles. The quantitative estimate of drug-likeness (QED) is 0.821. The third-order valence-electron chi connectivity index (χ3n) is 3.57. The van der Waals surface area contributed by atoms with E-state index in [-0.39, 0.29) is 12.5 Å². The first kappa shape index (κ1) is 17.0. The molecule has 1 atom stereocenters. The molecule has 2 rings (SSSR count). The van der Waals surface area contributed by atoms with Crippen molar-refractivity contribution in [1.29, 1.82) is 0 Å². The van der Waals surface area contributed by atoms with Gasteiger partial charge < -0.3 is 5.11 Å². The van der Waals surface area contributed by atoms with Crippen LogP contribution in [-0.4, -0.2) is 37.5 Å². The van der Waals surface area contributed by atoms with E-state index in [0.717, 1.165) is 18.4 Å². The molecule has 0 radical (unpaired) electrons. The van der Waals surface area contributed by atoms with E-state index in [4.69, 9.17) is 11.6 Å². The van der Waals surface area contributed by atoms with Gasteiger partial charge in [-0.3, -0.25) is 4.72 Å². The minimum Gasteiger partial charge on any atom is -0.396 e. The van der Waals surface area contributed by atoms with Crippen LogP contribution in [-0.2, 0) is 10.2 Å². The lowest BCUT2D eigenvalue weighted by atomic mass is 10.0. The summed E-state index contributed by atoms with van der Waals surface area (Å²) in [5.41, 5.74) is 1.28. The van der Waals surface area contributed by atoms with Gasteiger partial charge in [-0.15, -0.1) is 0 Å². The summed E-state index contributed by atoms with van der Waals surface area (Å²) in [6, 6.07) is 3.36. The standard InChI is InChI=1S/C13H18BrClN2O3S/c1-9-5-11(14)13(6-12(9)15)16-21(19,20)17-4-2-3-10(7-17)8-18/h5-6,10,16,18H,2-4,7-8H2,1H3. The maximum Gasteiger partial charge on any atom is 0.301 e. The molecule has 0 aliphatic carbocycles. The number of anilines is 1. The number of halogens is 2. The molecule has 0 saturated carbocycles. The second kappa shape index (κ2) is 6.83. The van der Waals surface area contributed by atoms with Crippen LogP contribution in [0.1, 0.15) is 18.4 Å². The van der Waals surface area contributed by atoms with E-state index in [0.29, 0.717) is 28.3 Å². The third kappa shape index (κ3) is 4.10. The maximum atomic E-state index is 12.4. The second-order valence-electron chi connectivity index (χ2n) is 5.24. The van der Waals surface area contributed by atoms with Gasteiger partial charge in [0.15, 0.2) is 0 Å². The third-order valence-corrected chi connectivity index (χ3v) is 6.12. The van der Waals surface area contributed by atoms with Crippen LogP contribution >= 0.6 is 27.5 Å². The van der Waals surface area contributed by atoms with Gasteiger partial charge in [0.1, 0.15) is 0 Å². The fraction of sp³-hybridized carbons (Fsp3) is 0.538. The fourth-order valence-corrected chi connectivity index (χ4v) is 4.53. The highest BCUT2D eigenvalue weighted by molar-refractivity contribution is 9.10. The van der Waals surface area contributed by atoms with Crippen LogP contribution in [0.2, 0.25) is 5.02 Å². The van der Waals surface area contributed by atoms with Crippen LogP contribution in [0.4, 0.5) is 5.69 Å². The van der Waals surface area contributed by atoms with Crippen molar-refractivity contribution in [2.24, 2.45) is 5.92 Å². The van der Waals surface area contributed by atoms with Crippen molar-refractivity contribution >= 4 is 43.4 Å². The highest BCUT2D eigenvalue weighted by Crippen LogP contribution is 2.30. The zero-order chi connectivity index (χ0) is 15.6. The van der Waals surface area contributed by atoms with Crippen LogP contribution < -0.4 is 4.72 Å². The van der Waals surface area contributed by atoms with Crippen LogP contribution in [0, 0.1) is 12.8 Å².